The molecule has 2 heterocycles. The number of benzene rings is 1. The smallest absolute Gasteiger partial charge is 0.241 e. The van der Waals surface area contributed by atoms with Crippen LogP contribution < -0.4 is 5.73 Å². The minimum Gasteiger partial charge on any atom is -0.340 e. The summed E-state index contributed by atoms with van der Waals surface area (Å²) in [5.41, 5.74) is 6.70. The van der Waals surface area contributed by atoms with Crippen LogP contribution in [0.2, 0.25) is 5.02 Å². The standard InChI is InChI=1S/C18H24ClN5O2.2ClH/c1-12(13(2)20)18(25)24-9-7-23(8-10-24)11-16-21-17(22-26-16)14-3-5-15(19)6-4-14;;/h3-6,12-13H,7-11,20H2,1-2H3;2*1H. The second-order valence-electron chi connectivity index (χ2n) is 6.77. The first-order valence-electron chi connectivity index (χ1n) is 8.79. The van der Waals surface area contributed by atoms with Gasteiger partial charge in [-0.25, -0.2) is 0 Å². The Morgan fingerprint density at radius 3 is 2.36 bits per heavy atom. The molecule has 7 nitrogen and oxygen atoms in total. The molecule has 1 saturated heterocycles. The molecule has 156 valence electrons. The lowest BCUT2D eigenvalue weighted by Gasteiger charge is -2.35. The van der Waals surface area contributed by atoms with Crippen molar-refractivity contribution in [3.8, 4) is 11.4 Å². The predicted octanol–water partition coefficient (Wildman–Crippen LogP) is 2.86. The zero-order valence-corrected chi connectivity index (χ0v) is 18.3. The lowest BCUT2D eigenvalue weighted by atomic mass is 10.0. The van der Waals surface area contributed by atoms with Crippen molar-refractivity contribution in [3.05, 3.63) is 35.2 Å². The number of carbonyl (C=O) groups is 1. The third kappa shape index (κ3) is 6.06. The van der Waals surface area contributed by atoms with Crippen LogP contribution in [0.3, 0.4) is 0 Å². The van der Waals surface area contributed by atoms with Gasteiger partial charge in [0.05, 0.1) is 12.5 Å². The fraction of sp³-hybridized carbons (Fsp3) is 0.500. The third-order valence-corrected chi connectivity index (χ3v) is 5.04. The summed E-state index contributed by atoms with van der Waals surface area (Å²) in [5.74, 6) is 1.09. The van der Waals surface area contributed by atoms with E-state index in [1.54, 1.807) is 12.1 Å². The Morgan fingerprint density at radius 1 is 1.18 bits per heavy atom. The maximum atomic E-state index is 12.4. The van der Waals surface area contributed by atoms with Crippen molar-refractivity contribution in [2.45, 2.75) is 26.4 Å². The molecule has 10 heteroatoms. The van der Waals surface area contributed by atoms with E-state index in [1.165, 1.54) is 0 Å². The van der Waals surface area contributed by atoms with Crippen molar-refractivity contribution in [1.29, 1.82) is 0 Å². The molecule has 0 saturated carbocycles. The fourth-order valence-corrected chi connectivity index (χ4v) is 2.99. The molecular formula is C18H26Cl3N5O2. The van der Waals surface area contributed by atoms with Gasteiger partial charge in [0.1, 0.15) is 0 Å². The number of rotatable bonds is 5. The highest BCUT2D eigenvalue weighted by molar-refractivity contribution is 6.30. The Balaban J connectivity index is 0.00000196. The number of hydrogen-bond acceptors (Lipinski definition) is 6. The van der Waals surface area contributed by atoms with E-state index >= 15 is 0 Å². The number of nitrogens with zero attached hydrogens (tertiary/aromatic N) is 4. The zero-order valence-electron chi connectivity index (χ0n) is 15.9. The van der Waals surface area contributed by atoms with E-state index in [2.05, 4.69) is 15.0 Å². The minimum atomic E-state index is -0.153. The summed E-state index contributed by atoms with van der Waals surface area (Å²) in [4.78, 5) is 20.9. The maximum absolute atomic E-state index is 12.4. The van der Waals surface area contributed by atoms with Crippen molar-refractivity contribution in [2.24, 2.45) is 11.7 Å². The lowest BCUT2D eigenvalue weighted by molar-refractivity contribution is -0.137. The molecule has 1 fully saturated rings. The van der Waals surface area contributed by atoms with E-state index < -0.39 is 0 Å². The second kappa shape index (κ2) is 11.0. The van der Waals surface area contributed by atoms with Gasteiger partial charge in [-0.1, -0.05) is 23.7 Å². The van der Waals surface area contributed by atoms with Gasteiger partial charge < -0.3 is 15.2 Å². The molecule has 1 aliphatic rings. The first-order valence-corrected chi connectivity index (χ1v) is 9.17. The first kappa shape index (κ1) is 24.7. The largest absolute Gasteiger partial charge is 0.340 e. The van der Waals surface area contributed by atoms with Crippen molar-refractivity contribution in [1.82, 2.24) is 19.9 Å². The van der Waals surface area contributed by atoms with Crippen molar-refractivity contribution in [3.63, 3.8) is 0 Å². The molecule has 2 N–H and O–H groups in total. The summed E-state index contributed by atoms with van der Waals surface area (Å²) in [6.45, 7) is 7.25. The lowest BCUT2D eigenvalue weighted by Crippen LogP contribution is -2.51. The number of halogens is 3. The summed E-state index contributed by atoms with van der Waals surface area (Å²) in [7, 11) is 0. The zero-order chi connectivity index (χ0) is 18.7. The van der Waals surface area contributed by atoms with Crippen molar-refractivity contribution < 1.29 is 9.32 Å². The average Bonchev–Trinajstić information content (AvgIpc) is 3.10. The quantitative estimate of drug-likeness (QED) is 0.753. The molecular weight excluding hydrogens is 425 g/mol. The Kier molecular flexibility index (Phi) is 9.66. The molecule has 1 amide bonds. The van der Waals surface area contributed by atoms with Crippen LogP contribution in [-0.4, -0.2) is 58.1 Å². The molecule has 1 aliphatic heterocycles. The van der Waals surface area contributed by atoms with Crippen LogP contribution in [0.15, 0.2) is 28.8 Å². The molecule has 0 aliphatic carbocycles. The van der Waals surface area contributed by atoms with E-state index in [0.717, 1.165) is 18.7 Å². The SMILES string of the molecule is CC(N)C(C)C(=O)N1CCN(Cc2nc(-c3ccc(Cl)cc3)no2)CC1.Cl.Cl. The van der Waals surface area contributed by atoms with Crippen LogP contribution in [0.25, 0.3) is 11.4 Å². The van der Waals surface area contributed by atoms with Gasteiger partial charge in [0, 0.05) is 42.8 Å². The van der Waals surface area contributed by atoms with Gasteiger partial charge >= 0.3 is 0 Å². The molecule has 3 rings (SSSR count). The highest BCUT2D eigenvalue weighted by atomic mass is 35.5. The van der Waals surface area contributed by atoms with Crippen LogP contribution in [0.5, 0.6) is 0 Å². The number of aromatic nitrogens is 2. The highest BCUT2D eigenvalue weighted by Gasteiger charge is 2.27. The number of carbonyl (C=O) groups excluding carboxylic acids is 1. The average molecular weight is 451 g/mol. The van der Waals surface area contributed by atoms with E-state index in [0.29, 0.717) is 36.4 Å². The molecule has 2 aromatic rings. The molecule has 1 aromatic carbocycles. The van der Waals surface area contributed by atoms with Gasteiger partial charge in [-0.05, 0) is 31.2 Å². The monoisotopic (exact) mass is 449 g/mol. The Bertz CT molecular complexity index is 746. The Hall–Kier alpha value is -1.38. The summed E-state index contributed by atoms with van der Waals surface area (Å²) in [6, 6.07) is 7.19. The minimum absolute atomic E-state index is 0. The predicted molar refractivity (Wildman–Crippen MR) is 114 cm³/mol. The fourth-order valence-electron chi connectivity index (χ4n) is 2.87. The van der Waals surface area contributed by atoms with Crippen LogP contribution in [0.1, 0.15) is 19.7 Å². The third-order valence-electron chi connectivity index (χ3n) is 4.79. The Morgan fingerprint density at radius 2 is 1.79 bits per heavy atom. The normalized spacial score (nSPS) is 16.6. The summed E-state index contributed by atoms with van der Waals surface area (Å²) in [6.07, 6.45) is 0. The Labute approximate surface area is 182 Å². The summed E-state index contributed by atoms with van der Waals surface area (Å²) in [5, 5.41) is 4.70. The molecule has 2 unspecified atom stereocenters. The number of piperazine rings is 1. The van der Waals surface area contributed by atoms with Crippen LogP contribution in [-0.2, 0) is 11.3 Å². The van der Waals surface area contributed by atoms with Crippen molar-refractivity contribution in [2.75, 3.05) is 26.2 Å². The summed E-state index contributed by atoms with van der Waals surface area (Å²) >= 11 is 5.90. The number of nitrogens with two attached hydrogens (primary N) is 1. The van der Waals surface area contributed by atoms with Gasteiger partial charge in [-0.2, -0.15) is 4.98 Å². The topological polar surface area (TPSA) is 88.5 Å². The highest BCUT2D eigenvalue weighted by Crippen LogP contribution is 2.19. The van der Waals surface area contributed by atoms with Crippen molar-refractivity contribution >= 4 is 42.3 Å². The van der Waals surface area contributed by atoms with Gasteiger partial charge in [-0.15, -0.1) is 24.8 Å². The van der Waals surface area contributed by atoms with Crippen LogP contribution in [0.4, 0.5) is 0 Å². The van der Waals surface area contributed by atoms with E-state index in [4.69, 9.17) is 21.9 Å². The van der Waals surface area contributed by atoms with E-state index in [1.807, 2.05) is 30.9 Å². The molecule has 0 bridgehead atoms. The van der Waals surface area contributed by atoms with E-state index in [9.17, 15) is 4.79 Å². The van der Waals surface area contributed by atoms with Crippen LogP contribution in [0, 0.1) is 5.92 Å². The molecule has 2 atom stereocenters. The van der Waals surface area contributed by atoms with Gasteiger partial charge in [0.15, 0.2) is 0 Å². The molecule has 0 spiro atoms. The number of amides is 1. The second-order valence-corrected chi connectivity index (χ2v) is 7.20. The van der Waals surface area contributed by atoms with Gasteiger partial charge in [0.2, 0.25) is 17.6 Å². The number of hydrogen-bond donors (Lipinski definition) is 1. The first-order chi connectivity index (χ1) is 12.4. The molecule has 1 aromatic heterocycles. The summed E-state index contributed by atoms with van der Waals surface area (Å²) < 4.78 is 5.36. The maximum Gasteiger partial charge on any atom is 0.241 e. The van der Waals surface area contributed by atoms with Gasteiger partial charge in [0.25, 0.3) is 0 Å². The van der Waals surface area contributed by atoms with Gasteiger partial charge in [-0.3, -0.25) is 9.69 Å². The molecule has 0 radical (unpaired) electrons. The molecule has 28 heavy (non-hydrogen) atoms. The van der Waals surface area contributed by atoms with Crippen LogP contribution >= 0.6 is 36.4 Å². The van der Waals surface area contributed by atoms with E-state index in [-0.39, 0.29) is 42.7 Å².